The van der Waals surface area contributed by atoms with Crippen molar-refractivity contribution in [2.24, 2.45) is 5.92 Å². The van der Waals surface area contributed by atoms with Crippen molar-refractivity contribution in [3.63, 3.8) is 0 Å². The lowest BCUT2D eigenvalue weighted by molar-refractivity contribution is -0.121. The first-order valence-corrected chi connectivity index (χ1v) is 8.07. The fourth-order valence-corrected chi connectivity index (χ4v) is 3.94. The van der Waals surface area contributed by atoms with Crippen LogP contribution in [-0.4, -0.2) is 29.4 Å². The van der Waals surface area contributed by atoms with Gasteiger partial charge >= 0.3 is 0 Å². The molecule has 4 heteroatoms. The van der Waals surface area contributed by atoms with E-state index < -0.39 is 0 Å². The van der Waals surface area contributed by atoms with Crippen LogP contribution < -0.4 is 11.1 Å². The van der Waals surface area contributed by atoms with Gasteiger partial charge in [-0.15, -0.1) is 0 Å². The lowest BCUT2D eigenvalue weighted by Crippen LogP contribution is -2.46. The molecule has 114 valence electrons. The van der Waals surface area contributed by atoms with Crippen molar-refractivity contribution in [1.82, 2.24) is 4.90 Å². The number of hydrogen-bond donors (Lipinski definition) is 2. The van der Waals surface area contributed by atoms with E-state index in [4.69, 9.17) is 5.73 Å². The van der Waals surface area contributed by atoms with Gasteiger partial charge in [0.1, 0.15) is 0 Å². The number of likely N-dealkylation sites (tertiary alicyclic amines) is 1. The smallest absolute Gasteiger partial charge is 0.241 e. The van der Waals surface area contributed by atoms with Crippen LogP contribution in [0.4, 0.5) is 11.4 Å². The number of nitrogens with zero attached hydrogens (tertiary/aromatic N) is 1. The minimum Gasteiger partial charge on any atom is -0.399 e. The summed E-state index contributed by atoms with van der Waals surface area (Å²) in [7, 11) is 0. The Balaban J connectivity index is 1.64. The van der Waals surface area contributed by atoms with Gasteiger partial charge in [-0.25, -0.2) is 0 Å². The largest absolute Gasteiger partial charge is 0.399 e. The molecule has 1 aromatic rings. The van der Waals surface area contributed by atoms with Gasteiger partial charge in [0.2, 0.25) is 5.91 Å². The van der Waals surface area contributed by atoms with Gasteiger partial charge in [-0.3, -0.25) is 9.69 Å². The van der Waals surface area contributed by atoms with Crippen molar-refractivity contribution < 1.29 is 4.79 Å². The molecule has 1 aliphatic heterocycles. The molecule has 0 spiro atoms. The molecule has 0 radical (unpaired) electrons. The van der Waals surface area contributed by atoms with Crippen molar-refractivity contribution in [2.75, 3.05) is 17.6 Å². The summed E-state index contributed by atoms with van der Waals surface area (Å²) in [4.78, 5) is 14.9. The quantitative estimate of drug-likeness (QED) is 0.840. The fourth-order valence-electron chi connectivity index (χ4n) is 3.94. The Bertz CT molecular complexity index is 517. The van der Waals surface area contributed by atoms with Gasteiger partial charge < -0.3 is 11.1 Å². The minimum atomic E-state index is -0.0699. The Morgan fingerprint density at radius 1 is 1.33 bits per heavy atom. The highest BCUT2D eigenvalue weighted by Crippen LogP contribution is 2.37. The van der Waals surface area contributed by atoms with E-state index in [1.807, 2.05) is 25.1 Å². The number of carbonyl (C=O) groups is 1. The zero-order valence-electron chi connectivity index (χ0n) is 12.7. The van der Waals surface area contributed by atoms with Crippen molar-refractivity contribution in [3.8, 4) is 0 Å². The van der Waals surface area contributed by atoms with Crippen LogP contribution >= 0.6 is 0 Å². The van der Waals surface area contributed by atoms with Crippen molar-refractivity contribution in [3.05, 3.63) is 24.3 Å². The summed E-state index contributed by atoms with van der Waals surface area (Å²) >= 11 is 0. The van der Waals surface area contributed by atoms with Crippen LogP contribution in [0.25, 0.3) is 0 Å². The van der Waals surface area contributed by atoms with Gasteiger partial charge in [0.25, 0.3) is 0 Å². The third-order valence-electron chi connectivity index (χ3n) is 5.08. The number of nitrogens with one attached hydrogen (secondary N) is 1. The molecule has 1 aliphatic carbocycles. The fraction of sp³-hybridized carbons (Fsp3) is 0.588. The summed E-state index contributed by atoms with van der Waals surface area (Å²) in [6, 6.07) is 7.92. The molecule has 3 N–H and O–H groups in total. The number of rotatable bonds is 3. The second kappa shape index (κ2) is 6.06. The maximum atomic E-state index is 12.5. The first-order chi connectivity index (χ1) is 10.1. The number of benzene rings is 1. The number of fused-ring (bicyclic) bond motifs is 1. The Morgan fingerprint density at radius 3 is 2.95 bits per heavy atom. The highest BCUT2D eigenvalue weighted by atomic mass is 16.2. The zero-order valence-corrected chi connectivity index (χ0v) is 12.7. The van der Waals surface area contributed by atoms with Crippen LogP contribution in [0.2, 0.25) is 0 Å². The Labute approximate surface area is 126 Å². The Kier molecular flexibility index (Phi) is 4.15. The van der Waals surface area contributed by atoms with E-state index in [1.165, 1.54) is 32.1 Å². The van der Waals surface area contributed by atoms with Crippen LogP contribution in [0.15, 0.2) is 24.3 Å². The van der Waals surface area contributed by atoms with Crippen LogP contribution in [0.5, 0.6) is 0 Å². The molecular formula is C17H25N3O. The van der Waals surface area contributed by atoms with E-state index in [0.717, 1.165) is 18.2 Å². The van der Waals surface area contributed by atoms with Crippen molar-refractivity contribution in [2.45, 2.75) is 51.1 Å². The standard InChI is InChI=1S/C17H25N3O/c1-12(17(21)19-15-7-4-6-14(18)11-15)20-10-9-13-5-2-3-8-16(13)20/h4,6-7,11-13,16H,2-3,5,8-10,18H2,1H3,(H,19,21). The summed E-state index contributed by atoms with van der Waals surface area (Å²) in [6.07, 6.45) is 6.51. The van der Waals surface area contributed by atoms with Gasteiger partial charge in [-0.2, -0.15) is 0 Å². The van der Waals surface area contributed by atoms with Crippen LogP contribution in [0.1, 0.15) is 39.0 Å². The third kappa shape index (κ3) is 3.05. The van der Waals surface area contributed by atoms with E-state index in [-0.39, 0.29) is 11.9 Å². The van der Waals surface area contributed by atoms with E-state index in [2.05, 4.69) is 10.2 Å². The van der Waals surface area contributed by atoms with Gasteiger partial charge in [0, 0.05) is 17.4 Å². The van der Waals surface area contributed by atoms with Gasteiger partial charge in [-0.05, 0) is 56.8 Å². The summed E-state index contributed by atoms with van der Waals surface area (Å²) in [5.74, 6) is 0.883. The van der Waals surface area contributed by atoms with E-state index in [0.29, 0.717) is 11.7 Å². The predicted octanol–water partition coefficient (Wildman–Crippen LogP) is 2.86. The Morgan fingerprint density at radius 2 is 2.14 bits per heavy atom. The van der Waals surface area contributed by atoms with Crippen molar-refractivity contribution >= 4 is 17.3 Å². The second-order valence-corrected chi connectivity index (χ2v) is 6.43. The molecule has 1 saturated heterocycles. The van der Waals surface area contributed by atoms with Gasteiger partial charge in [-0.1, -0.05) is 18.9 Å². The normalized spacial score (nSPS) is 27.1. The first-order valence-electron chi connectivity index (χ1n) is 8.07. The zero-order chi connectivity index (χ0) is 14.8. The first kappa shape index (κ1) is 14.4. The van der Waals surface area contributed by atoms with E-state index in [9.17, 15) is 4.79 Å². The molecule has 0 aromatic heterocycles. The molecule has 0 bridgehead atoms. The molecule has 3 rings (SSSR count). The van der Waals surface area contributed by atoms with Crippen LogP contribution in [0.3, 0.4) is 0 Å². The number of anilines is 2. The molecule has 21 heavy (non-hydrogen) atoms. The lowest BCUT2D eigenvalue weighted by atomic mass is 9.85. The summed E-state index contributed by atoms with van der Waals surface area (Å²) in [6.45, 7) is 3.08. The number of amides is 1. The highest BCUT2D eigenvalue weighted by Gasteiger charge is 2.39. The number of hydrogen-bond acceptors (Lipinski definition) is 3. The van der Waals surface area contributed by atoms with E-state index in [1.54, 1.807) is 6.07 Å². The average Bonchev–Trinajstić information content (AvgIpc) is 2.90. The second-order valence-electron chi connectivity index (χ2n) is 6.43. The third-order valence-corrected chi connectivity index (χ3v) is 5.08. The minimum absolute atomic E-state index is 0.0699. The topological polar surface area (TPSA) is 58.4 Å². The van der Waals surface area contributed by atoms with Crippen LogP contribution in [-0.2, 0) is 4.79 Å². The van der Waals surface area contributed by atoms with Gasteiger partial charge in [0.15, 0.2) is 0 Å². The number of carbonyl (C=O) groups excluding carboxylic acids is 1. The SMILES string of the molecule is CC(C(=O)Nc1cccc(N)c1)N1CCC2CCCCC21. The lowest BCUT2D eigenvalue weighted by Gasteiger charge is -2.34. The number of nitrogens with two attached hydrogens (primary N) is 1. The van der Waals surface area contributed by atoms with Gasteiger partial charge in [0.05, 0.1) is 6.04 Å². The molecule has 2 fully saturated rings. The monoisotopic (exact) mass is 287 g/mol. The molecule has 2 aliphatic rings. The molecule has 3 atom stereocenters. The maximum absolute atomic E-state index is 12.5. The summed E-state index contributed by atoms with van der Waals surface area (Å²) in [5.41, 5.74) is 7.22. The Hall–Kier alpha value is -1.55. The molecule has 1 amide bonds. The van der Waals surface area contributed by atoms with E-state index >= 15 is 0 Å². The summed E-state index contributed by atoms with van der Waals surface area (Å²) < 4.78 is 0. The molecule has 1 saturated carbocycles. The summed E-state index contributed by atoms with van der Waals surface area (Å²) in [5, 5.41) is 2.99. The predicted molar refractivity (Wildman–Crippen MR) is 86.0 cm³/mol. The van der Waals surface area contributed by atoms with Crippen molar-refractivity contribution in [1.29, 1.82) is 0 Å². The average molecular weight is 287 g/mol. The number of nitrogen functional groups attached to an aromatic ring is 1. The molecule has 3 unspecified atom stereocenters. The highest BCUT2D eigenvalue weighted by molar-refractivity contribution is 5.94. The molecular weight excluding hydrogens is 262 g/mol. The molecule has 1 heterocycles. The molecule has 4 nitrogen and oxygen atoms in total. The van der Waals surface area contributed by atoms with Crippen LogP contribution in [0, 0.1) is 5.92 Å². The molecule has 1 aromatic carbocycles. The maximum Gasteiger partial charge on any atom is 0.241 e.